The Kier molecular flexibility index (Phi) is 3.05. The molecular formula is C13H13NO3. The van der Waals surface area contributed by atoms with Gasteiger partial charge in [0.2, 0.25) is 0 Å². The lowest BCUT2D eigenvalue weighted by Gasteiger charge is -2.09. The molecule has 0 saturated carbocycles. The van der Waals surface area contributed by atoms with Crippen LogP contribution in [-0.2, 0) is 6.54 Å². The number of phenolic OH excluding ortho intramolecular Hbond substituents is 3. The molecule has 0 aliphatic carbocycles. The van der Waals surface area contributed by atoms with Crippen LogP contribution in [0.4, 0.5) is 5.69 Å². The van der Waals surface area contributed by atoms with E-state index in [0.717, 1.165) is 0 Å². The lowest BCUT2D eigenvalue weighted by Crippen LogP contribution is -1.99. The predicted octanol–water partition coefficient (Wildman–Crippen LogP) is 2.42. The second-order valence-corrected chi connectivity index (χ2v) is 3.68. The van der Waals surface area contributed by atoms with Crippen molar-refractivity contribution in [2.45, 2.75) is 6.54 Å². The Balaban J connectivity index is 2.12. The molecule has 0 unspecified atom stereocenters. The molecule has 4 N–H and O–H groups in total. The van der Waals surface area contributed by atoms with Crippen molar-refractivity contribution >= 4 is 5.69 Å². The van der Waals surface area contributed by atoms with Crippen LogP contribution >= 0.6 is 0 Å². The first-order valence-corrected chi connectivity index (χ1v) is 5.19. The van der Waals surface area contributed by atoms with Gasteiger partial charge in [0, 0.05) is 12.1 Å². The van der Waals surface area contributed by atoms with Crippen LogP contribution in [0.3, 0.4) is 0 Å². The third kappa shape index (κ3) is 2.60. The Morgan fingerprint density at radius 2 is 1.65 bits per heavy atom. The quantitative estimate of drug-likeness (QED) is 0.483. The minimum absolute atomic E-state index is 0.0943. The summed E-state index contributed by atoms with van der Waals surface area (Å²) in [5.74, 6) is 0.342. The van der Waals surface area contributed by atoms with Gasteiger partial charge in [-0.2, -0.15) is 0 Å². The maximum Gasteiger partial charge on any atom is 0.138 e. The van der Waals surface area contributed by atoms with E-state index in [9.17, 15) is 15.3 Å². The van der Waals surface area contributed by atoms with Gasteiger partial charge >= 0.3 is 0 Å². The number of aromatic hydroxyl groups is 3. The van der Waals surface area contributed by atoms with E-state index in [-0.39, 0.29) is 17.2 Å². The number of nitrogens with one attached hydrogen (secondary N) is 1. The van der Waals surface area contributed by atoms with Crippen molar-refractivity contribution in [3.05, 3.63) is 48.0 Å². The van der Waals surface area contributed by atoms with Gasteiger partial charge in [-0.1, -0.05) is 12.1 Å². The number of para-hydroxylation sites is 2. The Labute approximate surface area is 98.8 Å². The molecule has 2 aromatic carbocycles. The maximum atomic E-state index is 9.57. The molecule has 0 amide bonds. The molecule has 88 valence electrons. The molecule has 2 rings (SSSR count). The van der Waals surface area contributed by atoms with Gasteiger partial charge in [0.05, 0.1) is 5.69 Å². The monoisotopic (exact) mass is 231 g/mol. The van der Waals surface area contributed by atoms with Gasteiger partial charge in [-0.15, -0.1) is 0 Å². The highest BCUT2D eigenvalue weighted by atomic mass is 16.3. The molecule has 0 atom stereocenters. The zero-order chi connectivity index (χ0) is 12.3. The summed E-state index contributed by atoms with van der Waals surface area (Å²) in [6.07, 6.45) is 0. The number of phenols is 3. The molecule has 0 spiro atoms. The van der Waals surface area contributed by atoms with Gasteiger partial charge in [-0.3, -0.25) is 0 Å². The number of hydrogen-bond acceptors (Lipinski definition) is 4. The summed E-state index contributed by atoms with van der Waals surface area (Å²) in [7, 11) is 0. The molecule has 0 bridgehead atoms. The molecule has 0 heterocycles. The lowest BCUT2D eigenvalue weighted by atomic mass is 10.2. The van der Waals surface area contributed by atoms with Crippen molar-refractivity contribution in [2.24, 2.45) is 0 Å². The van der Waals surface area contributed by atoms with E-state index >= 15 is 0 Å². The molecule has 0 aliphatic heterocycles. The zero-order valence-corrected chi connectivity index (χ0v) is 9.09. The van der Waals surface area contributed by atoms with Crippen LogP contribution in [0.1, 0.15) is 5.56 Å². The second kappa shape index (κ2) is 4.65. The molecule has 0 saturated heterocycles. The fourth-order valence-electron chi connectivity index (χ4n) is 1.53. The summed E-state index contributed by atoms with van der Waals surface area (Å²) in [4.78, 5) is 0. The molecule has 4 heteroatoms. The third-order valence-corrected chi connectivity index (χ3v) is 2.44. The van der Waals surface area contributed by atoms with Crippen molar-refractivity contribution in [1.29, 1.82) is 0 Å². The van der Waals surface area contributed by atoms with Crippen LogP contribution in [0.15, 0.2) is 42.5 Å². The number of rotatable bonds is 3. The average Bonchev–Trinajstić information content (AvgIpc) is 2.32. The van der Waals surface area contributed by atoms with E-state index in [1.54, 1.807) is 24.3 Å². The van der Waals surface area contributed by atoms with Gasteiger partial charge in [0.1, 0.15) is 17.2 Å². The summed E-state index contributed by atoms with van der Waals surface area (Å²) in [6.45, 7) is 0.317. The van der Waals surface area contributed by atoms with E-state index in [0.29, 0.717) is 17.8 Å². The summed E-state index contributed by atoms with van der Waals surface area (Å²) in [5.41, 5.74) is 1.14. The third-order valence-electron chi connectivity index (χ3n) is 2.44. The smallest absolute Gasteiger partial charge is 0.138 e. The van der Waals surface area contributed by atoms with Gasteiger partial charge in [0.15, 0.2) is 0 Å². The van der Waals surface area contributed by atoms with Crippen LogP contribution in [0.5, 0.6) is 17.2 Å². The molecule has 0 radical (unpaired) electrons. The summed E-state index contributed by atoms with van der Waals surface area (Å²) in [5, 5.41) is 31.4. The molecule has 17 heavy (non-hydrogen) atoms. The van der Waals surface area contributed by atoms with E-state index < -0.39 is 0 Å². The molecule has 0 fully saturated rings. The minimum Gasteiger partial charge on any atom is -0.508 e. The van der Waals surface area contributed by atoms with Crippen molar-refractivity contribution in [3.8, 4) is 17.2 Å². The number of benzene rings is 2. The first-order valence-electron chi connectivity index (χ1n) is 5.19. The Morgan fingerprint density at radius 3 is 2.41 bits per heavy atom. The Hall–Kier alpha value is -2.36. The first kappa shape index (κ1) is 11.1. The van der Waals surface area contributed by atoms with Gasteiger partial charge in [-0.05, 0) is 30.3 Å². The highest BCUT2D eigenvalue weighted by Gasteiger charge is 2.04. The summed E-state index contributed by atoms with van der Waals surface area (Å²) < 4.78 is 0. The van der Waals surface area contributed by atoms with Crippen LogP contribution in [0, 0.1) is 0 Å². The van der Waals surface area contributed by atoms with E-state index in [4.69, 9.17) is 0 Å². The average molecular weight is 231 g/mol. The second-order valence-electron chi connectivity index (χ2n) is 3.68. The van der Waals surface area contributed by atoms with Crippen molar-refractivity contribution < 1.29 is 15.3 Å². The Morgan fingerprint density at radius 1 is 0.882 bits per heavy atom. The van der Waals surface area contributed by atoms with E-state index in [1.807, 2.05) is 0 Å². The van der Waals surface area contributed by atoms with Crippen molar-refractivity contribution in [3.63, 3.8) is 0 Å². The van der Waals surface area contributed by atoms with E-state index in [1.165, 1.54) is 18.2 Å². The van der Waals surface area contributed by atoms with Crippen molar-refractivity contribution in [2.75, 3.05) is 5.32 Å². The topological polar surface area (TPSA) is 72.7 Å². The Bertz CT molecular complexity index is 526. The fraction of sp³-hybridized carbons (Fsp3) is 0.0769. The highest BCUT2D eigenvalue weighted by molar-refractivity contribution is 5.56. The number of anilines is 1. The van der Waals surface area contributed by atoms with Crippen LogP contribution < -0.4 is 5.32 Å². The standard InChI is InChI=1S/C13H13NO3/c15-10-5-6-12(16)9(7-10)8-14-11-3-1-2-4-13(11)17/h1-7,14-17H,8H2. The van der Waals surface area contributed by atoms with Gasteiger partial charge in [0.25, 0.3) is 0 Å². The fourth-order valence-corrected chi connectivity index (χ4v) is 1.53. The molecule has 4 nitrogen and oxygen atoms in total. The molecular weight excluding hydrogens is 218 g/mol. The lowest BCUT2D eigenvalue weighted by molar-refractivity contribution is 0.454. The molecule has 0 aliphatic rings. The summed E-state index contributed by atoms with van der Waals surface area (Å²) >= 11 is 0. The largest absolute Gasteiger partial charge is 0.508 e. The predicted molar refractivity (Wildman–Crippen MR) is 65.2 cm³/mol. The normalized spacial score (nSPS) is 10.1. The van der Waals surface area contributed by atoms with Crippen LogP contribution in [-0.4, -0.2) is 15.3 Å². The maximum absolute atomic E-state index is 9.57. The SMILES string of the molecule is Oc1ccc(O)c(CNc2ccccc2O)c1. The van der Waals surface area contributed by atoms with Crippen molar-refractivity contribution in [1.82, 2.24) is 0 Å². The zero-order valence-electron chi connectivity index (χ0n) is 9.09. The summed E-state index contributed by atoms with van der Waals surface area (Å²) in [6, 6.07) is 11.1. The van der Waals surface area contributed by atoms with Crippen LogP contribution in [0.2, 0.25) is 0 Å². The minimum atomic E-state index is 0.0943. The van der Waals surface area contributed by atoms with Crippen LogP contribution in [0.25, 0.3) is 0 Å². The number of hydrogen-bond donors (Lipinski definition) is 4. The van der Waals surface area contributed by atoms with Gasteiger partial charge < -0.3 is 20.6 Å². The molecule has 2 aromatic rings. The van der Waals surface area contributed by atoms with Gasteiger partial charge in [-0.25, -0.2) is 0 Å². The molecule has 0 aromatic heterocycles. The van der Waals surface area contributed by atoms with E-state index in [2.05, 4.69) is 5.32 Å². The first-order chi connectivity index (χ1) is 8.16. The highest BCUT2D eigenvalue weighted by Crippen LogP contribution is 2.26.